The van der Waals surface area contributed by atoms with Crippen molar-refractivity contribution in [2.75, 3.05) is 11.9 Å². The fourth-order valence-electron chi connectivity index (χ4n) is 2.69. The molecular weight excluding hydrogens is 413 g/mol. The zero-order valence-corrected chi connectivity index (χ0v) is 16.7. The van der Waals surface area contributed by atoms with Gasteiger partial charge >= 0.3 is 6.18 Å². The van der Waals surface area contributed by atoms with Gasteiger partial charge in [0.15, 0.2) is 11.4 Å². The van der Waals surface area contributed by atoms with Crippen LogP contribution in [-0.4, -0.2) is 22.2 Å². The van der Waals surface area contributed by atoms with Crippen molar-refractivity contribution in [3.8, 4) is 11.5 Å². The Morgan fingerprint density at radius 3 is 2.52 bits per heavy atom. The molecule has 31 heavy (non-hydrogen) atoms. The summed E-state index contributed by atoms with van der Waals surface area (Å²) in [5, 5.41) is 9.44. The first kappa shape index (κ1) is 21.9. The number of hydrogen-bond donors (Lipinski definition) is 2. The van der Waals surface area contributed by atoms with Crippen LogP contribution >= 0.6 is 0 Å². The number of anilines is 2. The Hall–Kier alpha value is -3.82. The summed E-state index contributed by atoms with van der Waals surface area (Å²) in [6.45, 7) is 2.29. The summed E-state index contributed by atoms with van der Waals surface area (Å²) in [6.07, 6.45) is -3.30. The number of carbonyl (C=O) groups is 1. The van der Waals surface area contributed by atoms with Crippen molar-refractivity contribution in [1.29, 1.82) is 0 Å². The zero-order chi connectivity index (χ0) is 22.6. The van der Waals surface area contributed by atoms with Gasteiger partial charge in [0.05, 0.1) is 11.8 Å². The Morgan fingerprint density at radius 1 is 1.16 bits per heavy atom. The van der Waals surface area contributed by atoms with E-state index in [9.17, 15) is 22.8 Å². The van der Waals surface area contributed by atoms with E-state index in [0.29, 0.717) is 17.8 Å². The first-order chi connectivity index (χ1) is 14.7. The number of nitrogens with zero attached hydrogens (tertiary/aromatic N) is 2. The van der Waals surface area contributed by atoms with Gasteiger partial charge in [-0.15, -0.1) is 0 Å². The van der Waals surface area contributed by atoms with Crippen molar-refractivity contribution in [3.05, 3.63) is 76.2 Å². The molecule has 10 heteroatoms. The van der Waals surface area contributed by atoms with Gasteiger partial charge in [0.1, 0.15) is 5.75 Å². The number of alkyl halides is 3. The van der Waals surface area contributed by atoms with E-state index >= 15 is 0 Å². The molecule has 0 spiro atoms. The van der Waals surface area contributed by atoms with Crippen LogP contribution in [0.2, 0.25) is 0 Å². The van der Waals surface area contributed by atoms with E-state index in [4.69, 9.17) is 4.74 Å². The van der Waals surface area contributed by atoms with E-state index in [1.165, 1.54) is 25.4 Å². The summed E-state index contributed by atoms with van der Waals surface area (Å²) in [5.41, 5.74) is -0.518. The Labute approximate surface area is 175 Å². The van der Waals surface area contributed by atoms with Crippen LogP contribution in [0.1, 0.15) is 22.8 Å². The predicted molar refractivity (Wildman–Crippen MR) is 109 cm³/mol. The van der Waals surface area contributed by atoms with Crippen LogP contribution in [0.25, 0.3) is 0 Å². The SMILES string of the molecule is CCNC(=O)c1ccc(Nc2c(Oc3cccc(C(F)(F)F)c3)cnn(C)c2=O)cc1. The fourth-order valence-corrected chi connectivity index (χ4v) is 2.69. The van der Waals surface area contributed by atoms with E-state index in [-0.39, 0.29) is 23.1 Å². The highest BCUT2D eigenvalue weighted by molar-refractivity contribution is 5.94. The highest BCUT2D eigenvalue weighted by Crippen LogP contribution is 2.34. The van der Waals surface area contributed by atoms with E-state index in [1.807, 2.05) is 0 Å². The van der Waals surface area contributed by atoms with Gasteiger partial charge in [0.25, 0.3) is 11.5 Å². The summed E-state index contributed by atoms with van der Waals surface area (Å²) in [6, 6.07) is 10.7. The molecule has 1 aromatic heterocycles. The van der Waals surface area contributed by atoms with E-state index in [1.54, 1.807) is 31.2 Å². The smallest absolute Gasteiger partial charge is 0.416 e. The third-order valence-electron chi connectivity index (χ3n) is 4.25. The third kappa shape index (κ3) is 5.21. The number of amides is 1. The Kier molecular flexibility index (Phi) is 6.28. The minimum absolute atomic E-state index is 0.0133. The van der Waals surface area contributed by atoms with Gasteiger partial charge in [-0.1, -0.05) is 6.07 Å². The number of ether oxygens (including phenoxy) is 1. The molecule has 0 saturated carbocycles. The van der Waals surface area contributed by atoms with Crippen LogP contribution in [0.3, 0.4) is 0 Å². The molecule has 3 aromatic rings. The average Bonchev–Trinajstić information content (AvgIpc) is 2.73. The molecule has 0 fully saturated rings. The minimum Gasteiger partial charge on any atom is -0.453 e. The fraction of sp³-hybridized carbons (Fsp3) is 0.190. The van der Waals surface area contributed by atoms with Gasteiger partial charge < -0.3 is 15.4 Å². The lowest BCUT2D eigenvalue weighted by Crippen LogP contribution is -2.23. The van der Waals surface area contributed by atoms with Gasteiger partial charge in [0, 0.05) is 24.8 Å². The van der Waals surface area contributed by atoms with Crippen LogP contribution in [0, 0.1) is 0 Å². The van der Waals surface area contributed by atoms with Crippen LogP contribution in [0.4, 0.5) is 24.5 Å². The number of hydrogen-bond acceptors (Lipinski definition) is 5. The van der Waals surface area contributed by atoms with E-state index in [0.717, 1.165) is 16.8 Å². The van der Waals surface area contributed by atoms with Crippen LogP contribution in [0.15, 0.2) is 59.5 Å². The molecule has 3 rings (SSSR count). The van der Waals surface area contributed by atoms with Gasteiger partial charge in [-0.05, 0) is 49.4 Å². The standard InChI is InChI=1S/C21H19F3N4O3/c1-3-25-19(29)13-7-9-15(10-8-13)27-18-17(12-26-28(2)20(18)30)31-16-6-4-5-14(11-16)21(22,23)24/h4-12,27H,3H2,1-2H3,(H,25,29). The number of benzene rings is 2. The van der Waals surface area contributed by atoms with Crippen molar-refractivity contribution in [2.24, 2.45) is 7.05 Å². The lowest BCUT2D eigenvalue weighted by molar-refractivity contribution is -0.137. The summed E-state index contributed by atoms with van der Waals surface area (Å²) in [5.74, 6) is -0.378. The van der Waals surface area contributed by atoms with Crippen LogP contribution in [0.5, 0.6) is 11.5 Å². The van der Waals surface area contributed by atoms with Crippen molar-refractivity contribution < 1.29 is 22.7 Å². The molecule has 7 nitrogen and oxygen atoms in total. The molecule has 0 aliphatic heterocycles. The monoisotopic (exact) mass is 432 g/mol. The molecule has 2 N–H and O–H groups in total. The number of aryl methyl sites for hydroxylation is 1. The van der Waals surface area contributed by atoms with Gasteiger partial charge in [-0.25, -0.2) is 4.68 Å². The second kappa shape index (κ2) is 8.90. The molecule has 1 heterocycles. The zero-order valence-electron chi connectivity index (χ0n) is 16.7. The maximum absolute atomic E-state index is 13.0. The molecule has 0 aliphatic carbocycles. The predicted octanol–water partition coefficient (Wildman–Crippen LogP) is 4.08. The molecule has 0 radical (unpaired) electrons. The van der Waals surface area contributed by atoms with Crippen LogP contribution in [-0.2, 0) is 13.2 Å². The van der Waals surface area contributed by atoms with Crippen molar-refractivity contribution in [2.45, 2.75) is 13.1 Å². The molecule has 0 atom stereocenters. The molecule has 2 aromatic carbocycles. The Morgan fingerprint density at radius 2 is 1.87 bits per heavy atom. The maximum atomic E-state index is 13.0. The van der Waals surface area contributed by atoms with Gasteiger partial charge in [-0.2, -0.15) is 18.3 Å². The number of aromatic nitrogens is 2. The maximum Gasteiger partial charge on any atom is 0.416 e. The van der Waals surface area contributed by atoms with Crippen molar-refractivity contribution in [3.63, 3.8) is 0 Å². The quantitative estimate of drug-likeness (QED) is 0.613. The lowest BCUT2D eigenvalue weighted by atomic mass is 10.2. The van der Waals surface area contributed by atoms with Gasteiger partial charge in [0.2, 0.25) is 0 Å². The van der Waals surface area contributed by atoms with E-state index in [2.05, 4.69) is 15.7 Å². The molecule has 0 unspecified atom stereocenters. The van der Waals surface area contributed by atoms with E-state index < -0.39 is 17.3 Å². The first-order valence-corrected chi connectivity index (χ1v) is 9.25. The Bertz CT molecular complexity index is 1140. The van der Waals surface area contributed by atoms with Crippen molar-refractivity contribution in [1.82, 2.24) is 15.1 Å². The minimum atomic E-state index is -4.53. The number of halogens is 3. The highest BCUT2D eigenvalue weighted by atomic mass is 19.4. The van der Waals surface area contributed by atoms with Crippen molar-refractivity contribution >= 4 is 17.3 Å². The molecule has 0 aliphatic rings. The first-order valence-electron chi connectivity index (χ1n) is 9.25. The topological polar surface area (TPSA) is 85.2 Å². The normalized spacial score (nSPS) is 11.1. The van der Waals surface area contributed by atoms with Gasteiger partial charge in [-0.3, -0.25) is 9.59 Å². The van der Waals surface area contributed by atoms with Crippen LogP contribution < -0.4 is 20.9 Å². The second-order valence-electron chi connectivity index (χ2n) is 6.50. The molecule has 162 valence electrons. The number of rotatable bonds is 6. The summed E-state index contributed by atoms with van der Waals surface area (Å²) in [4.78, 5) is 24.5. The Balaban J connectivity index is 1.91. The largest absolute Gasteiger partial charge is 0.453 e. The summed E-state index contributed by atoms with van der Waals surface area (Å²) >= 11 is 0. The summed E-state index contributed by atoms with van der Waals surface area (Å²) in [7, 11) is 1.43. The average molecular weight is 432 g/mol. The molecule has 0 saturated heterocycles. The second-order valence-corrected chi connectivity index (χ2v) is 6.50. The molecule has 1 amide bonds. The highest BCUT2D eigenvalue weighted by Gasteiger charge is 2.30. The lowest BCUT2D eigenvalue weighted by Gasteiger charge is -2.14. The third-order valence-corrected chi connectivity index (χ3v) is 4.25. The summed E-state index contributed by atoms with van der Waals surface area (Å²) < 4.78 is 45.5. The molecular formula is C21H19F3N4O3. The number of carbonyl (C=O) groups excluding carboxylic acids is 1. The number of nitrogens with one attached hydrogen (secondary N) is 2. The molecule has 0 bridgehead atoms.